The molecule has 0 saturated heterocycles. The first-order chi connectivity index (χ1) is 23.1. The van der Waals surface area contributed by atoms with Crippen LogP contribution >= 0.6 is 0 Å². The molecule has 0 fully saturated rings. The number of nitrogens with one attached hydrogen (secondary N) is 3. The van der Waals surface area contributed by atoms with Crippen molar-refractivity contribution in [3.63, 3.8) is 0 Å². The maximum absolute atomic E-state index is 13.1. The number of carbonyl (C=O) groups excluding carboxylic acids is 3. The zero-order valence-corrected chi connectivity index (χ0v) is 29.7. The number of rotatable bonds is 23. The van der Waals surface area contributed by atoms with E-state index in [-0.39, 0.29) is 36.3 Å². The Labute approximate surface area is 288 Å². The maximum Gasteiger partial charge on any atom is 0.331 e. The third-order valence-electron chi connectivity index (χ3n) is 7.73. The Hall–Kier alpha value is -3.98. The molecule has 3 unspecified atom stereocenters. The van der Waals surface area contributed by atoms with E-state index in [0.29, 0.717) is 19.3 Å². The van der Waals surface area contributed by atoms with E-state index in [1.54, 1.807) is 6.92 Å². The first kappa shape index (κ1) is 42.0. The van der Waals surface area contributed by atoms with Crippen molar-refractivity contribution in [2.24, 2.45) is 0 Å². The topological polar surface area (TPSA) is 134 Å². The number of carboxylic acids is 1. The molecule has 0 aliphatic heterocycles. The fraction of sp³-hybridized carbons (Fsp3) is 0.538. The van der Waals surface area contributed by atoms with Gasteiger partial charge in [0.05, 0.1) is 24.3 Å². The summed E-state index contributed by atoms with van der Waals surface area (Å²) in [5, 5.41) is 18.1. The highest BCUT2D eigenvalue weighted by Gasteiger charge is 2.38. The van der Waals surface area contributed by atoms with Crippen LogP contribution in [-0.2, 0) is 23.9 Å². The second kappa shape index (κ2) is 26.0. The van der Waals surface area contributed by atoms with Crippen LogP contribution in [0.5, 0.6) is 0 Å². The number of allylic oxidation sites excluding steroid dienone is 12. The van der Waals surface area contributed by atoms with Crippen LogP contribution in [-0.4, -0.2) is 59.1 Å². The van der Waals surface area contributed by atoms with Crippen molar-refractivity contribution in [3.05, 3.63) is 84.6 Å². The van der Waals surface area contributed by atoms with Crippen LogP contribution < -0.4 is 16.0 Å². The monoisotopic (exact) mass is 665 g/mol. The average molecular weight is 666 g/mol. The zero-order chi connectivity index (χ0) is 35.6. The van der Waals surface area contributed by atoms with Crippen molar-refractivity contribution in [2.75, 3.05) is 0 Å². The molecule has 1 aliphatic carbocycles. The largest absolute Gasteiger partial charge is 0.478 e. The number of carbonyl (C=O) groups is 4. The van der Waals surface area contributed by atoms with Gasteiger partial charge in [0.25, 0.3) is 0 Å². The van der Waals surface area contributed by atoms with Crippen molar-refractivity contribution in [2.45, 2.75) is 136 Å². The molecule has 0 aromatic carbocycles. The lowest BCUT2D eigenvalue weighted by Crippen LogP contribution is -2.61. The highest BCUT2D eigenvalue weighted by Crippen LogP contribution is 2.25. The summed E-state index contributed by atoms with van der Waals surface area (Å²) in [4.78, 5) is 49.5. The van der Waals surface area contributed by atoms with Gasteiger partial charge < -0.3 is 25.8 Å². The standard InChI is InChI=1S/C39H59N3O6/c1-6-9-10-11-12-13-14-15-16-17-18-19-20-21-22-23-24-25-26-27-36(44)40-30(4)38(45)42-34-28-32(39(46)47)29-35(37(34)41-31(5)43)48-33(7-2)8-3/h9-10,12-13,15-16,18-19,21-22,24-25,29-30,33-35,37H,6-8,11,14,17,20,23,26-28H2,1-5H3,(H,40,44)(H,41,43)(H,42,45)(H,46,47)/t30-,34?,35?,37?/m0/s1. The molecule has 4 N–H and O–H groups in total. The fourth-order valence-corrected chi connectivity index (χ4v) is 5.05. The predicted molar refractivity (Wildman–Crippen MR) is 194 cm³/mol. The minimum atomic E-state index is -1.11. The molecule has 0 radical (unpaired) electrons. The molecule has 1 aliphatic rings. The van der Waals surface area contributed by atoms with E-state index in [4.69, 9.17) is 4.74 Å². The normalized spacial score (nSPS) is 19.3. The molecule has 0 aromatic heterocycles. The molecule has 9 nitrogen and oxygen atoms in total. The number of hydrogen-bond donors (Lipinski definition) is 4. The number of amides is 3. The van der Waals surface area contributed by atoms with Gasteiger partial charge in [-0.1, -0.05) is 93.7 Å². The molecule has 0 bridgehead atoms. The summed E-state index contributed by atoms with van der Waals surface area (Å²) in [6.07, 6.45) is 34.1. The van der Waals surface area contributed by atoms with E-state index in [1.165, 1.54) is 13.0 Å². The molecule has 266 valence electrons. The molecular weight excluding hydrogens is 606 g/mol. The van der Waals surface area contributed by atoms with E-state index in [9.17, 15) is 24.3 Å². The SMILES string of the molecule is CCC=CCC=CCC=CCC=CCC=CCC=CCCC(=O)N[C@@H](C)C(=O)NC1CC(C(=O)O)=CC(OC(CC)CC)C1NC(C)=O. The Kier molecular flexibility index (Phi) is 22.8. The summed E-state index contributed by atoms with van der Waals surface area (Å²) in [5.74, 6) is -2.16. The van der Waals surface area contributed by atoms with Gasteiger partial charge in [0.2, 0.25) is 17.7 Å². The molecule has 0 saturated carbocycles. The Morgan fingerprint density at radius 3 is 1.77 bits per heavy atom. The third-order valence-corrected chi connectivity index (χ3v) is 7.73. The Morgan fingerprint density at radius 1 is 0.812 bits per heavy atom. The Bertz CT molecular complexity index is 1190. The minimum absolute atomic E-state index is 0.0121. The summed E-state index contributed by atoms with van der Waals surface area (Å²) in [6.45, 7) is 9.02. The van der Waals surface area contributed by atoms with Gasteiger partial charge in [0.15, 0.2) is 0 Å². The van der Waals surface area contributed by atoms with Crippen LogP contribution in [0, 0.1) is 0 Å². The summed E-state index contributed by atoms with van der Waals surface area (Å²) < 4.78 is 6.16. The van der Waals surface area contributed by atoms with E-state index in [2.05, 4.69) is 83.6 Å². The lowest BCUT2D eigenvalue weighted by molar-refractivity contribution is -0.134. The quantitative estimate of drug-likeness (QED) is 0.0874. The van der Waals surface area contributed by atoms with Crippen LogP contribution in [0.2, 0.25) is 0 Å². The highest BCUT2D eigenvalue weighted by molar-refractivity contribution is 5.89. The molecule has 0 aromatic rings. The second-order valence-electron chi connectivity index (χ2n) is 11.8. The van der Waals surface area contributed by atoms with Gasteiger partial charge in [-0.25, -0.2) is 4.79 Å². The highest BCUT2D eigenvalue weighted by atomic mass is 16.5. The maximum atomic E-state index is 13.1. The Balaban J connectivity index is 2.45. The van der Waals surface area contributed by atoms with Gasteiger partial charge in [-0.3, -0.25) is 14.4 Å². The smallest absolute Gasteiger partial charge is 0.331 e. The fourth-order valence-electron chi connectivity index (χ4n) is 5.05. The van der Waals surface area contributed by atoms with Crippen LogP contribution in [0.1, 0.15) is 105 Å². The number of carboxylic acid groups (broad SMARTS) is 1. The minimum Gasteiger partial charge on any atom is -0.478 e. The first-order valence-corrected chi connectivity index (χ1v) is 17.5. The van der Waals surface area contributed by atoms with Crippen LogP contribution in [0.15, 0.2) is 84.6 Å². The van der Waals surface area contributed by atoms with Crippen molar-refractivity contribution >= 4 is 23.7 Å². The summed E-state index contributed by atoms with van der Waals surface area (Å²) >= 11 is 0. The van der Waals surface area contributed by atoms with Gasteiger partial charge >= 0.3 is 5.97 Å². The van der Waals surface area contributed by atoms with E-state index in [1.807, 2.05) is 26.0 Å². The molecule has 4 atom stereocenters. The Morgan fingerprint density at radius 2 is 1.31 bits per heavy atom. The molecular formula is C39H59N3O6. The van der Waals surface area contributed by atoms with Gasteiger partial charge in [0, 0.05) is 25.3 Å². The molecule has 3 amide bonds. The summed E-state index contributed by atoms with van der Waals surface area (Å²) in [6, 6.07) is -2.24. The van der Waals surface area contributed by atoms with E-state index in [0.717, 1.165) is 38.5 Å². The van der Waals surface area contributed by atoms with Crippen molar-refractivity contribution < 1.29 is 29.0 Å². The van der Waals surface area contributed by atoms with Gasteiger partial charge in [-0.15, -0.1) is 0 Å². The second-order valence-corrected chi connectivity index (χ2v) is 11.8. The van der Waals surface area contributed by atoms with Crippen LogP contribution in [0.4, 0.5) is 0 Å². The van der Waals surface area contributed by atoms with Crippen molar-refractivity contribution in [3.8, 4) is 0 Å². The molecule has 0 heterocycles. The molecule has 48 heavy (non-hydrogen) atoms. The summed E-state index contributed by atoms with van der Waals surface area (Å²) in [7, 11) is 0. The zero-order valence-electron chi connectivity index (χ0n) is 29.7. The van der Waals surface area contributed by atoms with Crippen molar-refractivity contribution in [1.82, 2.24) is 16.0 Å². The van der Waals surface area contributed by atoms with Gasteiger partial charge in [-0.05, 0) is 70.8 Å². The summed E-state index contributed by atoms with van der Waals surface area (Å²) in [5.41, 5.74) is 0.103. The van der Waals surface area contributed by atoms with Crippen LogP contribution in [0.25, 0.3) is 0 Å². The predicted octanol–water partition coefficient (Wildman–Crippen LogP) is 6.95. The lowest BCUT2D eigenvalue weighted by atomic mass is 9.87. The number of ether oxygens (including phenoxy) is 1. The van der Waals surface area contributed by atoms with Crippen molar-refractivity contribution in [1.29, 1.82) is 0 Å². The van der Waals surface area contributed by atoms with Gasteiger partial charge in [0.1, 0.15) is 6.04 Å². The molecule has 9 heteroatoms. The average Bonchev–Trinajstić information content (AvgIpc) is 3.05. The van der Waals surface area contributed by atoms with Crippen LogP contribution in [0.3, 0.4) is 0 Å². The first-order valence-electron chi connectivity index (χ1n) is 17.5. The van der Waals surface area contributed by atoms with E-state index < -0.39 is 36.1 Å². The van der Waals surface area contributed by atoms with E-state index >= 15 is 0 Å². The van der Waals surface area contributed by atoms with Gasteiger partial charge in [-0.2, -0.15) is 0 Å². The molecule has 1 rings (SSSR count). The number of aliphatic carboxylic acids is 1. The number of hydrogen-bond acceptors (Lipinski definition) is 5. The lowest BCUT2D eigenvalue weighted by Gasteiger charge is -2.38. The molecule has 0 spiro atoms. The third kappa shape index (κ3) is 19.0.